The summed E-state index contributed by atoms with van der Waals surface area (Å²) in [6.45, 7) is 1.65. The number of benzene rings is 1. The highest BCUT2D eigenvalue weighted by atomic mass is 16.2. The highest BCUT2D eigenvalue weighted by Crippen LogP contribution is 2.29. The number of hydrogen-bond donors (Lipinski definition) is 0. The molecule has 0 spiro atoms. The Bertz CT molecular complexity index is 699. The number of rotatable bonds is 1. The lowest BCUT2D eigenvalue weighted by molar-refractivity contribution is -0.120. The van der Waals surface area contributed by atoms with Gasteiger partial charge in [0, 0.05) is 34.8 Å². The minimum absolute atomic E-state index is 0.260. The highest BCUT2D eigenvalue weighted by Gasteiger charge is 2.30. The number of fused-ring (bicyclic) bond motifs is 1. The molecule has 0 saturated heterocycles. The van der Waals surface area contributed by atoms with Crippen LogP contribution < -0.4 is 4.90 Å². The predicted molar refractivity (Wildman–Crippen MR) is 68.0 cm³/mol. The topological polar surface area (TPSA) is 50.3 Å². The van der Waals surface area contributed by atoms with Crippen molar-refractivity contribution in [3.05, 3.63) is 48.3 Å². The summed E-state index contributed by atoms with van der Waals surface area (Å²) in [6.07, 6.45) is 4.73. The van der Waals surface area contributed by atoms with Gasteiger partial charge in [-0.25, -0.2) is 4.90 Å². The monoisotopic (exact) mass is 238 g/mol. The number of amides is 2. The van der Waals surface area contributed by atoms with Gasteiger partial charge < -0.3 is 0 Å². The van der Waals surface area contributed by atoms with Gasteiger partial charge in [0.15, 0.2) is 0 Å². The maximum absolute atomic E-state index is 12.0. The van der Waals surface area contributed by atoms with Crippen molar-refractivity contribution in [3.8, 4) is 0 Å². The van der Waals surface area contributed by atoms with Gasteiger partial charge in [0.25, 0.3) is 11.8 Å². The number of carbonyl (C=O) groups is 2. The van der Waals surface area contributed by atoms with Crippen LogP contribution >= 0.6 is 0 Å². The Balaban J connectivity index is 2.22. The predicted octanol–water partition coefficient (Wildman–Crippen LogP) is 2.05. The van der Waals surface area contributed by atoms with Gasteiger partial charge in [0.2, 0.25) is 0 Å². The molecule has 0 saturated carbocycles. The van der Waals surface area contributed by atoms with E-state index < -0.39 is 0 Å². The van der Waals surface area contributed by atoms with Gasteiger partial charge in [-0.1, -0.05) is 12.1 Å². The summed E-state index contributed by atoms with van der Waals surface area (Å²) in [5.41, 5.74) is 1.07. The molecule has 0 aliphatic carbocycles. The van der Waals surface area contributed by atoms with E-state index in [4.69, 9.17) is 0 Å². The Morgan fingerprint density at radius 1 is 1.17 bits per heavy atom. The molecular formula is C14H10N2O2. The van der Waals surface area contributed by atoms with E-state index in [-0.39, 0.29) is 11.8 Å². The molecule has 0 atom stereocenters. The molecule has 0 unspecified atom stereocenters. The second kappa shape index (κ2) is 3.77. The molecule has 88 valence electrons. The summed E-state index contributed by atoms with van der Waals surface area (Å²) < 4.78 is 0. The van der Waals surface area contributed by atoms with Gasteiger partial charge in [-0.15, -0.1) is 0 Å². The van der Waals surface area contributed by atoms with E-state index in [1.165, 1.54) is 11.0 Å². The third kappa shape index (κ3) is 1.43. The Labute approximate surface area is 104 Å². The number of carbonyl (C=O) groups excluding carboxylic acids is 2. The van der Waals surface area contributed by atoms with Gasteiger partial charge >= 0.3 is 0 Å². The summed E-state index contributed by atoms with van der Waals surface area (Å²) >= 11 is 0. The van der Waals surface area contributed by atoms with Crippen LogP contribution in [0.1, 0.15) is 6.92 Å². The van der Waals surface area contributed by atoms with E-state index in [2.05, 4.69) is 4.98 Å². The number of imide groups is 1. The van der Waals surface area contributed by atoms with E-state index in [1.807, 2.05) is 12.1 Å². The van der Waals surface area contributed by atoms with Crippen LogP contribution in [0.2, 0.25) is 0 Å². The first-order valence-electron chi connectivity index (χ1n) is 5.58. The molecule has 1 aliphatic heterocycles. The number of pyridine rings is 1. The average molecular weight is 238 g/mol. The number of aromatic nitrogens is 1. The van der Waals surface area contributed by atoms with E-state index in [0.717, 1.165) is 10.8 Å². The molecule has 4 nitrogen and oxygen atoms in total. The third-order valence-electron chi connectivity index (χ3n) is 3.00. The van der Waals surface area contributed by atoms with E-state index in [0.29, 0.717) is 11.3 Å². The van der Waals surface area contributed by atoms with Crippen LogP contribution in [-0.4, -0.2) is 16.8 Å². The van der Waals surface area contributed by atoms with Crippen LogP contribution in [0.5, 0.6) is 0 Å². The highest BCUT2D eigenvalue weighted by molar-refractivity contribution is 6.32. The van der Waals surface area contributed by atoms with Crippen molar-refractivity contribution in [3.63, 3.8) is 0 Å². The molecule has 0 bridgehead atoms. The molecule has 1 aromatic carbocycles. The molecule has 3 rings (SSSR count). The van der Waals surface area contributed by atoms with Crippen LogP contribution in [-0.2, 0) is 9.59 Å². The molecule has 2 amide bonds. The van der Waals surface area contributed by atoms with Crippen molar-refractivity contribution in [2.45, 2.75) is 6.92 Å². The Morgan fingerprint density at radius 2 is 2.00 bits per heavy atom. The number of nitrogens with zero attached hydrogens (tertiary/aromatic N) is 2. The fraction of sp³-hybridized carbons (Fsp3) is 0.0714. The minimum Gasteiger partial charge on any atom is -0.269 e. The third-order valence-corrected chi connectivity index (χ3v) is 3.00. The lowest BCUT2D eigenvalue weighted by Crippen LogP contribution is -2.30. The van der Waals surface area contributed by atoms with Gasteiger partial charge in [0.1, 0.15) is 0 Å². The Kier molecular flexibility index (Phi) is 2.23. The second-order valence-corrected chi connectivity index (χ2v) is 4.18. The smallest absolute Gasteiger partial charge is 0.261 e. The van der Waals surface area contributed by atoms with E-state index >= 15 is 0 Å². The lowest BCUT2D eigenvalue weighted by atomic mass is 10.1. The average Bonchev–Trinajstić information content (AvgIpc) is 2.63. The molecule has 1 aliphatic rings. The summed E-state index contributed by atoms with van der Waals surface area (Å²) in [6, 6.07) is 7.29. The Morgan fingerprint density at radius 3 is 2.72 bits per heavy atom. The van der Waals surface area contributed by atoms with Crippen LogP contribution in [0.4, 0.5) is 5.69 Å². The maximum Gasteiger partial charge on any atom is 0.261 e. The lowest BCUT2D eigenvalue weighted by Gasteiger charge is -2.16. The molecule has 0 fully saturated rings. The summed E-state index contributed by atoms with van der Waals surface area (Å²) in [5, 5.41) is 1.75. The van der Waals surface area contributed by atoms with Crippen LogP contribution in [0, 0.1) is 0 Å². The fourth-order valence-electron chi connectivity index (χ4n) is 2.12. The van der Waals surface area contributed by atoms with Crippen molar-refractivity contribution in [2.24, 2.45) is 0 Å². The first-order chi connectivity index (χ1) is 8.68. The van der Waals surface area contributed by atoms with Crippen LogP contribution in [0.15, 0.2) is 48.3 Å². The van der Waals surface area contributed by atoms with Crippen LogP contribution in [0.25, 0.3) is 10.8 Å². The SMILES string of the molecule is CC1=CC(=O)N(c2cccc3cnccc23)C1=O. The quantitative estimate of drug-likeness (QED) is 0.714. The maximum atomic E-state index is 12.0. The van der Waals surface area contributed by atoms with Gasteiger partial charge in [-0.3, -0.25) is 14.6 Å². The molecule has 1 aromatic heterocycles. The van der Waals surface area contributed by atoms with Gasteiger partial charge in [-0.2, -0.15) is 0 Å². The van der Waals surface area contributed by atoms with Crippen molar-refractivity contribution in [1.82, 2.24) is 4.98 Å². The summed E-state index contributed by atoms with van der Waals surface area (Å²) in [4.78, 5) is 29.1. The van der Waals surface area contributed by atoms with Crippen molar-refractivity contribution >= 4 is 28.3 Å². The zero-order valence-corrected chi connectivity index (χ0v) is 9.75. The number of hydrogen-bond acceptors (Lipinski definition) is 3. The van der Waals surface area contributed by atoms with Crippen LogP contribution in [0.3, 0.4) is 0 Å². The largest absolute Gasteiger partial charge is 0.269 e. The zero-order chi connectivity index (χ0) is 12.7. The van der Waals surface area contributed by atoms with Crippen molar-refractivity contribution < 1.29 is 9.59 Å². The minimum atomic E-state index is -0.290. The first kappa shape index (κ1) is 10.7. The summed E-state index contributed by atoms with van der Waals surface area (Å²) in [5.74, 6) is -0.550. The Hall–Kier alpha value is -2.49. The second-order valence-electron chi connectivity index (χ2n) is 4.18. The molecule has 2 aromatic rings. The van der Waals surface area contributed by atoms with Crippen molar-refractivity contribution in [2.75, 3.05) is 4.90 Å². The van der Waals surface area contributed by atoms with E-state index in [9.17, 15) is 9.59 Å². The molecular weight excluding hydrogens is 228 g/mol. The number of anilines is 1. The molecule has 2 heterocycles. The van der Waals surface area contributed by atoms with Gasteiger partial charge in [0.05, 0.1) is 5.69 Å². The fourth-order valence-corrected chi connectivity index (χ4v) is 2.12. The molecule has 4 heteroatoms. The zero-order valence-electron chi connectivity index (χ0n) is 9.75. The van der Waals surface area contributed by atoms with Gasteiger partial charge in [-0.05, 0) is 19.1 Å². The normalized spacial score (nSPS) is 15.4. The van der Waals surface area contributed by atoms with E-state index in [1.54, 1.807) is 31.5 Å². The summed E-state index contributed by atoms with van der Waals surface area (Å²) in [7, 11) is 0. The molecule has 18 heavy (non-hydrogen) atoms. The molecule has 0 N–H and O–H groups in total. The first-order valence-corrected chi connectivity index (χ1v) is 5.58. The van der Waals surface area contributed by atoms with Crippen molar-refractivity contribution in [1.29, 1.82) is 0 Å². The standard InChI is InChI=1S/C14H10N2O2/c1-9-7-13(17)16(14(9)18)12-4-2-3-10-8-15-6-5-11(10)12/h2-8H,1H3. The molecule has 0 radical (unpaired) electrons.